The van der Waals surface area contributed by atoms with Gasteiger partial charge in [-0.25, -0.2) is 0 Å². The van der Waals surface area contributed by atoms with E-state index >= 15 is 0 Å². The topological polar surface area (TPSA) is 29.5 Å². The lowest BCUT2D eigenvalue weighted by atomic mass is 10.00. The Morgan fingerprint density at radius 1 is 1.05 bits per heavy atom. The van der Waals surface area contributed by atoms with Crippen LogP contribution in [-0.4, -0.2) is 43.5 Å². The van der Waals surface area contributed by atoms with E-state index in [4.69, 9.17) is 4.74 Å². The summed E-state index contributed by atoms with van der Waals surface area (Å²) in [5, 5.41) is 0. The number of morpholine rings is 1. The van der Waals surface area contributed by atoms with Crippen molar-refractivity contribution in [3.8, 4) is 11.1 Å². The van der Waals surface area contributed by atoms with Gasteiger partial charge in [0, 0.05) is 18.7 Å². The molecule has 1 unspecified atom stereocenters. The number of ether oxygens (including phenoxy) is 1. The van der Waals surface area contributed by atoms with Crippen molar-refractivity contribution < 1.29 is 9.53 Å². The van der Waals surface area contributed by atoms with Crippen molar-refractivity contribution in [1.82, 2.24) is 4.90 Å². The van der Waals surface area contributed by atoms with Gasteiger partial charge in [-0.05, 0) is 18.2 Å². The van der Waals surface area contributed by atoms with Crippen LogP contribution < -0.4 is 0 Å². The number of carbonyl (C=O) groups is 1. The van der Waals surface area contributed by atoms with E-state index < -0.39 is 0 Å². The van der Waals surface area contributed by atoms with Gasteiger partial charge in [0.2, 0.25) is 0 Å². The Morgan fingerprint density at radius 3 is 2.38 bits per heavy atom. The van der Waals surface area contributed by atoms with E-state index in [-0.39, 0.29) is 11.9 Å². The molecule has 2 aromatic rings. The van der Waals surface area contributed by atoms with Gasteiger partial charge in [0.25, 0.3) is 0 Å². The molecular weight excluding hydrogens is 262 g/mol. The van der Waals surface area contributed by atoms with Crippen LogP contribution in [0.25, 0.3) is 11.1 Å². The second-order valence-electron chi connectivity index (χ2n) is 5.43. The molecule has 3 nitrogen and oxygen atoms in total. The first kappa shape index (κ1) is 14.0. The van der Waals surface area contributed by atoms with E-state index in [1.165, 1.54) is 0 Å². The Labute approximate surface area is 125 Å². The molecule has 2 aromatic carbocycles. The molecule has 0 saturated carbocycles. The Bertz CT molecular complexity index is 607. The average Bonchev–Trinajstić information content (AvgIpc) is 2.55. The summed E-state index contributed by atoms with van der Waals surface area (Å²) in [4.78, 5) is 14.6. The van der Waals surface area contributed by atoms with Gasteiger partial charge in [0.15, 0.2) is 5.78 Å². The highest BCUT2D eigenvalue weighted by Crippen LogP contribution is 2.20. The molecule has 0 amide bonds. The molecule has 1 aliphatic heterocycles. The second kappa shape index (κ2) is 6.20. The summed E-state index contributed by atoms with van der Waals surface area (Å²) in [5.41, 5.74) is 2.99. The average molecular weight is 281 g/mol. The highest BCUT2D eigenvalue weighted by atomic mass is 16.5. The van der Waals surface area contributed by atoms with E-state index in [0.29, 0.717) is 13.2 Å². The summed E-state index contributed by atoms with van der Waals surface area (Å²) in [6.45, 7) is 2.17. The minimum atomic E-state index is -0.341. The summed E-state index contributed by atoms with van der Waals surface area (Å²) in [5.74, 6) is 0.0705. The van der Waals surface area contributed by atoms with Crippen LogP contribution in [0.2, 0.25) is 0 Å². The van der Waals surface area contributed by atoms with Crippen LogP contribution in [0.5, 0.6) is 0 Å². The molecule has 0 aliphatic carbocycles. The fourth-order valence-electron chi connectivity index (χ4n) is 2.58. The fraction of sp³-hybridized carbons (Fsp3) is 0.278. The van der Waals surface area contributed by atoms with Gasteiger partial charge in [-0.15, -0.1) is 0 Å². The summed E-state index contributed by atoms with van der Waals surface area (Å²) in [6, 6.07) is 17.9. The normalized spacial score (nSPS) is 19.4. The second-order valence-corrected chi connectivity index (χ2v) is 5.43. The molecule has 1 aliphatic rings. The molecule has 1 fully saturated rings. The van der Waals surface area contributed by atoms with E-state index in [1.54, 1.807) is 0 Å². The summed E-state index contributed by atoms with van der Waals surface area (Å²) in [7, 11) is 2.02. The van der Waals surface area contributed by atoms with Gasteiger partial charge in [0.1, 0.15) is 6.10 Å². The molecule has 0 radical (unpaired) electrons. The van der Waals surface area contributed by atoms with Gasteiger partial charge in [-0.1, -0.05) is 54.6 Å². The van der Waals surface area contributed by atoms with Gasteiger partial charge in [-0.3, -0.25) is 4.79 Å². The van der Waals surface area contributed by atoms with Gasteiger partial charge < -0.3 is 9.64 Å². The minimum absolute atomic E-state index is 0.0705. The third kappa shape index (κ3) is 3.20. The number of hydrogen-bond acceptors (Lipinski definition) is 3. The highest BCUT2D eigenvalue weighted by molar-refractivity contribution is 6.00. The monoisotopic (exact) mass is 281 g/mol. The van der Waals surface area contributed by atoms with Crippen molar-refractivity contribution in [2.24, 2.45) is 0 Å². The zero-order chi connectivity index (χ0) is 14.7. The Kier molecular flexibility index (Phi) is 4.13. The van der Waals surface area contributed by atoms with Crippen molar-refractivity contribution in [2.45, 2.75) is 6.10 Å². The molecule has 1 atom stereocenters. The first-order valence-electron chi connectivity index (χ1n) is 7.24. The van der Waals surface area contributed by atoms with Crippen LogP contribution in [0.1, 0.15) is 10.4 Å². The molecule has 108 valence electrons. The Morgan fingerprint density at radius 2 is 1.71 bits per heavy atom. The van der Waals surface area contributed by atoms with Gasteiger partial charge in [-0.2, -0.15) is 0 Å². The van der Waals surface area contributed by atoms with Crippen LogP contribution in [-0.2, 0) is 4.74 Å². The van der Waals surface area contributed by atoms with Crippen LogP contribution >= 0.6 is 0 Å². The summed E-state index contributed by atoms with van der Waals surface area (Å²) >= 11 is 0. The maximum absolute atomic E-state index is 12.4. The molecule has 1 saturated heterocycles. The maximum atomic E-state index is 12.4. The van der Waals surface area contributed by atoms with Crippen molar-refractivity contribution in [1.29, 1.82) is 0 Å². The molecule has 3 rings (SSSR count). The Balaban J connectivity index is 1.76. The molecule has 1 heterocycles. The van der Waals surface area contributed by atoms with Gasteiger partial charge >= 0.3 is 0 Å². The molecular formula is C18H19NO2. The first-order valence-corrected chi connectivity index (χ1v) is 7.24. The number of Topliss-reactive ketones (excluding diaryl/α,β-unsaturated/α-hetero) is 1. The number of benzene rings is 2. The third-order valence-corrected chi connectivity index (χ3v) is 3.84. The lowest BCUT2D eigenvalue weighted by Crippen LogP contribution is -2.44. The quantitative estimate of drug-likeness (QED) is 0.810. The number of likely N-dealkylation sites (N-methyl/N-ethyl adjacent to an activating group) is 1. The lowest BCUT2D eigenvalue weighted by molar-refractivity contribution is -0.00862. The highest BCUT2D eigenvalue weighted by Gasteiger charge is 2.25. The number of hydrogen-bond donors (Lipinski definition) is 0. The zero-order valence-electron chi connectivity index (χ0n) is 12.2. The van der Waals surface area contributed by atoms with Crippen LogP contribution in [0.15, 0.2) is 54.6 Å². The van der Waals surface area contributed by atoms with Crippen LogP contribution in [0.4, 0.5) is 0 Å². The van der Waals surface area contributed by atoms with Crippen LogP contribution in [0.3, 0.4) is 0 Å². The molecule has 0 aromatic heterocycles. The fourth-order valence-corrected chi connectivity index (χ4v) is 2.58. The summed E-state index contributed by atoms with van der Waals surface area (Å²) in [6.07, 6.45) is -0.341. The van der Waals surface area contributed by atoms with E-state index in [2.05, 4.69) is 17.0 Å². The third-order valence-electron chi connectivity index (χ3n) is 3.84. The van der Waals surface area contributed by atoms with E-state index in [0.717, 1.165) is 23.2 Å². The van der Waals surface area contributed by atoms with Crippen molar-refractivity contribution in [2.75, 3.05) is 26.7 Å². The molecule has 0 N–H and O–H groups in total. The number of nitrogens with zero attached hydrogens (tertiary/aromatic N) is 1. The summed E-state index contributed by atoms with van der Waals surface area (Å²) < 4.78 is 5.59. The SMILES string of the molecule is CN1CCOC(C(=O)c2ccc(-c3ccccc3)cc2)C1. The standard InChI is InChI=1S/C18H19NO2/c1-19-11-12-21-17(13-19)18(20)16-9-7-15(8-10-16)14-5-3-2-4-6-14/h2-10,17H,11-13H2,1H3. The molecule has 21 heavy (non-hydrogen) atoms. The first-order chi connectivity index (χ1) is 10.2. The molecule has 0 bridgehead atoms. The lowest BCUT2D eigenvalue weighted by Gasteiger charge is -2.29. The maximum Gasteiger partial charge on any atom is 0.192 e. The van der Waals surface area contributed by atoms with Gasteiger partial charge in [0.05, 0.1) is 6.61 Å². The zero-order valence-corrected chi connectivity index (χ0v) is 12.2. The van der Waals surface area contributed by atoms with E-state index in [9.17, 15) is 4.79 Å². The van der Waals surface area contributed by atoms with Crippen molar-refractivity contribution >= 4 is 5.78 Å². The molecule has 3 heteroatoms. The minimum Gasteiger partial charge on any atom is -0.367 e. The number of ketones is 1. The van der Waals surface area contributed by atoms with Crippen molar-refractivity contribution in [3.05, 3.63) is 60.2 Å². The Hall–Kier alpha value is -1.97. The van der Waals surface area contributed by atoms with Crippen molar-refractivity contribution in [3.63, 3.8) is 0 Å². The van der Waals surface area contributed by atoms with Crippen LogP contribution in [0, 0.1) is 0 Å². The predicted molar refractivity (Wildman–Crippen MR) is 83.4 cm³/mol. The number of rotatable bonds is 3. The predicted octanol–water partition coefficient (Wildman–Crippen LogP) is 2.87. The smallest absolute Gasteiger partial charge is 0.192 e. The number of carbonyl (C=O) groups excluding carboxylic acids is 1. The largest absolute Gasteiger partial charge is 0.367 e. The van der Waals surface area contributed by atoms with E-state index in [1.807, 2.05) is 49.5 Å². The molecule has 0 spiro atoms.